The van der Waals surface area contributed by atoms with Crippen molar-refractivity contribution in [1.82, 2.24) is 20.2 Å². The van der Waals surface area contributed by atoms with Crippen molar-refractivity contribution in [1.29, 1.82) is 0 Å². The first-order valence-corrected chi connectivity index (χ1v) is 5.68. The Balaban J connectivity index is 2.11. The minimum Gasteiger partial charge on any atom is -0.295 e. The topological polar surface area (TPSA) is 80.7 Å². The first-order valence-electron chi connectivity index (χ1n) is 4.87. The quantitative estimate of drug-likeness (QED) is 0.913. The predicted molar refractivity (Wildman–Crippen MR) is 59.6 cm³/mol. The van der Waals surface area contributed by atoms with Crippen LogP contribution >= 0.6 is 11.3 Å². The van der Waals surface area contributed by atoms with Gasteiger partial charge >= 0.3 is 6.18 Å². The number of amides is 1. The highest BCUT2D eigenvalue weighted by atomic mass is 32.1. The molecule has 0 radical (unpaired) electrons. The molecule has 1 N–H and O–H groups in total. The SMILES string of the molecule is Cc1cnc(C(=O)Nc2nnc(C(F)(F)F)s2)cn1. The van der Waals surface area contributed by atoms with Crippen LogP contribution in [0.1, 0.15) is 21.2 Å². The van der Waals surface area contributed by atoms with Crippen LogP contribution in [-0.2, 0) is 6.18 Å². The highest BCUT2D eigenvalue weighted by Gasteiger charge is 2.35. The molecule has 6 nitrogen and oxygen atoms in total. The Bertz CT molecular complexity index is 595. The smallest absolute Gasteiger partial charge is 0.295 e. The molecule has 2 heterocycles. The Hall–Kier alpha value is -2.10. The zero-order valence-corrected chi connectivity index (χ0v) is 10.2. The standard InChI is InChI=1S/C9H6F3N5OS/c1-4-2-14-5(3-13-4)6(18)15-8-17-16-7(19-8)9(10,11)12/h2-3H,1H3,(H,15,17,18). The van der Waals surface area contributed by atoms with Crippen molar-refractivity contribution in [2.24, 2.45) is 0 Å². The van der Waals surface area contributed by atoms with E-state index < -0.39 is 17.1 Å². The summed E-state index contributed by atoms with van der Waals surface area (Å²) in [4.78, 5) is 19.3. The van der Waals surface area contributed by atoms with E-state index >= 15 is 0 Å². The van der Waals surface area contributed by atoms with Gasteiger partial charge in [-0.25, -0.2) is 4.98 Å². The summed E-state index contributed by atoms with van der Waals surface area (Å²) < 4.78 is 36.8. The van der Waals surface area contributed by atoms with Gasteiger partial charge in [0.15, 0.2) is 0 Å². The fourth-order valence-corrected chi connectivity index (χ4v) is 1.67. The van der Waals surface area contributed by atoms with E-state index in [1.807, 2.05) is 0 Å². The lowest BCUT2D eigenvalue weighted by molar-refractivity contribution is -0.138. The van der Waals surface area contributed by atoms with Crippen molar-refractivity contribution in [2.75, 3.05) is 5.32 Å². The number of hydrogen-bond acceptors (Lipinski definition) is 6. The molecule has 0 unspecified atom stereocenters. The largest absolute Gasteiger partial charge is 0.445 e. The summed E-state index contributed by atoms with van der Waals surface area (Å²) in [6, 6.07) is 0. The van der Waals surface area contributed by atoms with Crippen molar-refractivity contribution in [3.8, 4) is 0 Å². The van der Waals surface area contributed by atoms with E-state index in [9.17, 15) is 18.0 Å². The molecule has 0 saturated carbocycles. The second kappa shape index (κ2) is 4.88. The lowest BCUT2D eigenvalue weighted by Gasteiger charge is -2.00. The minimum absolute atomic E-state index is 0.0191. The predicted octanol–water partition coefficient (Wildman–Crippen LogP) is 1.91. The van der Waals surface area contributed by atoms with Crippen LogP contribution in [0.25, 0.3) is 0 Å². The summed E-state index contributed by atoms with van der Waals surface area (Å²) in [5, 5.41) is 6.97. The zero-order chi connectivity index (χ0) is 14.0. The number of aryl methyl sites for hydroxylation is 1. The monoisotopic (exact) mass is 289 g/mol. The molecule has 0 bridgehead atoms. The number of carbonyl (C=O) groups is 1. The maximum Gasteiger partial charge on any atom is 0.445 e. The maximum absolute atomic E-state index is 12.3. The van der Waals surface area contributed by atoms with Crippen LogP contribution in [0, 0.1) is 6.92 Å². The number of halogens is 3. The minimum atomic E-state index is -4.58. The van der Waals surface area contributed by atoms with Gasteiger partial charge < -0.3 is 0 Å². The lowest BCUT2D eigenvalue weighted by atomic mass is 10.4. The Labute approximate surface area is 108 Å². The molecule has 0 spiro atoms. The molecule has 0 aliphatic carbocycles. The van der Waals surface area contributed by atoms with Gasteiger partial charge in [-0.15, -0.1) is 10.2 Å². The maximum atomic E-state index is 12.3. The molecule has 1 amide bonds. The number of rotatable bonds is 2. The first-order chi connectivity index (χ1) is 8.86. The first kappa shape index (κ1) is 13.3. The summed E-state index contributed by atoms with van der Waals surface area (Å²) >= 11 is 0.239. The van der Waals surface area contributed by atoms with Gasteiger partial charge in [0.25, 0.3) is 5.91 Å². The number of alkyl halides is 3. The lowest BCUT2D eigenvalue weighted by Crippen LogP contribution is -2.14. The van der Waals surface area contributed by atoms with Crippen molar-refractivity contribution < 1.29 is 18.0 Å². The van der Waals surface area contributed by atoms with E-state index in [0.717, 1.165) is 0 Å². The third-order valence-electron chi connectivity index (χ3n) is 1.90. The van der Waals surface area contributed by atoms with Crippen molar-refractivity contribution in [3.63, 3.8) is 0 Å². The van der Waals surface area contributed by atoms with Crippen LogP contribution in [0.4, 0.5) is 18.3 Å². The third-order valence-corrected chi connectivity index (χ3v) is 2.79. The Morgan fingerprint density at radius 3 is 2.53 bits per heavy atom. The molecule has 19 heavy (non-hydrogen) atoms. The van der Waals surface area contributed by atoms with Crippen LogP contribution < -0.4 is 5.32 Å². The second-order valence-corrected chi connectivity index (χ2v) is 4.38. The van der Waals surface area contributed by atoms with E-state index in [-0.39, 0.29) is 22.2 Å². The van der Waals surface area contributed by atoms with Crippen LogP contribution in [0.3, 0.4) is 0 Å². The van der Waals surface area contributed by atoms with Crippen LogP contribution in [0.2, 0.25) is 0 Å². The number of aromatic nitrogens is 4. The van der Waals surface area contributed by atoms with Crippen molar-refractivity contribution in [2.45, 2.75) is 13.1 Å². The van der Waals surface area contributed by atoms with Gasteiger partial charge in [-0.3, -0.25) is 15.1 Å². The second-order valence-electron chi connectivity index (χ2n) is 3.41. The van der Waals surface area contributed by atoms with Gasteiger partial charge in [-0.2, -0.15) is 13.2 Å². The zero-order valence-electron chi connectivity index (χ0n) is 9.39. The Morgan fingerprint density at radius 1 is 1.26 bits per heavy atom. The number of nitrogens with zero attached hydrogens (tertiary/aromatic N) is 4. The van der Waals surface area contributed by atoms with Crippen LogP contribution in [-0.4, -0.2) is 26.1 Å². The van der Waals surface area contributed by atoms with Gasteiger partial charge in [-0.1, -0.05) is 11.3 Å². The number of nitrogens with one attached hydrogen (secondary N) is 1. The molecule has 2 aromatic rings. The van der Waals surface area contributed by atoms with Gasteiger partial charge in [0, 0.05) is 6.20 Å². The van der Waals surface area contributed by atoms with E-state index in [2.05, 4.69) is 25.5 Å². The summed E-state index contributed by atoms with van der Waals surface area (Å²) in [5.74, 6) is -0.697. The molecule has 0 fully saturated rings. The fraction of sp³-hybridized carbons (Fsp3) is 0.222. The average Bonchev–Trinajstić information content (AvgIpc) is 2.78. The molecule has 0 saturated heterocycles. The highest BCUT2D eigenvalue weighted by molar-refractivity contribution is 7.15. The van der Waals surface area contributed by atoms with Gasteiger partial charge in [-0.05, 0) is 6.92 Å². The highest BCUT2D eigenvalue weighted by Crippen LogP contribution is 2.32. The van der Waals surface area contributed by atoms with Crippen molar-refractivity contribution >= 4 is 22.4 Å². The molecular formula is C9H6F3N5OS. The van der Waals surface area contributed by atoms with Gasteiger partial charge in [0.1, 0.15) is 5.69 Å². The molecule has 0 aliphatic rings. The van der Waals surface area contributed by atoms with Crippen LogP contribution in [0.15, 0.2) is 12.4 Å². The number of carbonyl (C=O) groups excluding carboxylic acids is 1. The van der Waals surface area contributed by atoms with Gasteiger partial charge in [0.2, 0.25) is 10.1 Å². The summed E-state index contributed by atoms with van der Waals surface area (Å²) in [6.07, 6.45) is -1.99. The average molecular weight is 289 g/mol. The van der Waals surface area contributed by atoms with E-state index in [0.29, 0.717) is 5.69 Å². The van der Waals surface area contributed by atoms with E-state index in [1.54, 1.807) is 6.92 Å². The summed E-state index contributed by atoms with van der Waals surface area (Å²) in [5.41, 5.74) is 0.598. The Morgan fingerprint density at radius 2 is 2.00 bits per heavy atom. The fourth-order valence-electron chi connectivity index (χ4n) is 1.06. The molecule has 100 valence electrons. The van der Waals surface area contributed by atoms with E-state index in [1.165, 1.54) is 12.4 Å². The normalized spacial score (nSPS) is 11.4. The Kier molecular flexibility index (Phi) is 3.42. The molecule has 0 atom stereocenters. The molecule has 2 aromatic heterocycles. The molecule has 0 aromatic carbocycles. The van der Waals surface area contributed by atoms with Crippen LogP contribution in [0.5, 0.6) is 0 Å². The molecular weight excluding hydrogens is 283 g/mol. The number of hydrogen-bond donors (Lipinski definition) is 1. The third kappa shape index (κ3) is 3.22. The molecule has 2 rings (SSSR count). The molecule has 10 heteroatoms. The summed E-state index contributed by atoms with van der Waals surface area (Å²) in [6.45, 7) is 1.69. The van der Waals surface area contributed by atoms with Gasteiger partial charge in [0.05, 0.1) is 11.9 Å². The summed E-state index contributed by atoms with van der Waals surface area (Å²) in [7, 11) is 0. The molecule has 0 aliphatic heterocycles. The van der Waals surface area contributed by atoms with E-state index in [4.69, 9.17) is 0 Å². The van der Waals surface area contributed by atoms with Crippen molar-refractivity contribution in [3.05, 3.63) is 28.8 Å². The number of anilines is 1.